The number of aliphatic imine (C=N–C) groups is 1. The highest BCUT2D eigenvalue weighted by molar-refractivity contribution is 5.86. The van der Waals surface area contributed by atoms with Gasteiger partial charge in [0, 0.05) is 11.5 Å². The maximum Gasteiger partial charge on any atom is 0.207 e. The summed E-state index contributed by atoms with van der Waals surface area (Å²) in [6, 6.07) is 4.52. The Balaban J connectivity index is 2.50. The number of nitriles is 1. The van der Waals surface area contributed by atoms with Crippen LogP contribution in [0.1, 0.15) is 5.76 Å². The number of nitrogens with two attached hydrogens (primary N) is 1. The standard InChI is InChI=1S/C11H9FN4O/c1-6-2-7-3-8(16-11(14)15-5-13)4-9(12)10(7)17-6/h2-4H,1H3,(H3,14,15,16). The van der Waals surface area contributed by atoms with Gasteiger partial charge in [-0.25, -0.2) is 9.38 Å². The molecule has 2 rings (SSSR count). The lowest BCUT2D eigenvalue weighted by Gasteiger charge is -1.98. The number of fused-ring (bicyclic) bond motifs is 1. The Hall–Kier alpha value is -2.55. The Kier molecular flexibility index (Phi) is 2.66. The Morgan fingerprint density at radius 3 is 3.00 bits per heavy atom. The average Bonchev–Trinajstić information content (AvgIpc) is 2.59. The van der Waals surface area contributed by atoms with E-state index in [2.05, 4.69) is 10.3 Å². The van der Waals surface area contributed by atoms with Crippen molar-refractivity contribution in [3.05, 3.63) is 29.8 Å². The van der Waals surface area contributed by atoms with Crippen LogP contribution in [0.3, 0.4) is 0 Å². The van der Waals surface area contributed by atoms with Crippen molar-refractivity contribution in [3.8, 4) is 6.19 Å². The van der Waals surface area contributed by atoms with Crippen molar-refractivity contribution in [1.29, 1.82) is 5.26 Å². The Labute approximate surface area is 96.3 Å². The van der Waals surface area contributed by atoms with Crippen LogP contribution in [0.15, 0.2) is 27.6 Å². The molecule has 0 aliphatic carbocycles. The number of aryl methyl sites for hydroxylation is 1. The third-order valence-corrected chi connectivity index (χ3v) is 2.11. The average molecular weight is 232 g/mol. The van der Waals surface area contributed by atoms with Crippen LogP contribution in [0.4, 0.5) is 10.1 Å². The topological polar surface area (TPSA) is 87.3 Å². The molecule has 0 atom stereocenters. The molecule has 0 aliphatic heterocycles. The molecule has 0 aliphatic rings. The second-order valence-corrected chi connectivity index (χ2v) is 3.44. The minimum absolute atomic E-state index is 0.0912. The molecule has 0 radical (unpaired) electrons. The van der Waals surface area contributed by atoms with Gasteiger partial charge in [0.2, 0.25) is 5.96 Å². The van der Waals surface area contributed by atoms with E-state index in [-0.39, 0.29) is 11.5 Å². The van der Waals surface area contributed by atoms with E-state index in [4.69, 9.17) is 15.4 Å². The summed E-state index contributed by atoms with van der Waals surface area (Å²) in [4.78, 5) is 3.85. The summed E-state index contributed by atoms with van der Waals surface area (Å²) in [5.41, 5.74) is 5.89. The number of hydrogen-bond donors (Lipinski definition) is 2. The van der Waals surface area contributed by atoms with Gasteiger partial charge in [0.15, 0.2) is 17.6 Å². The molecule has 0 spiro atoms. The summed E-state index contributed by atoms with van der Waals surface area (Å²) < 4.78 is 18.8. The van der Waals surface area contributed by atoms with Crippen LogP contribution in [-0.2, 0) is 0 Å². The molecule has 0 amide bonds. The van der Waals surface area contributed by atoms with E-state index in [1.54, 1.807) is 25.2 Å². The van der Waals surface area contributed by atoms with Crippen molar-refractivity contribution in [1.82, 2.24) is 5.32 Å². The van der Waals surface area contributed by atoms with Crippen LogP contribution in [-0.4, -0.2) is 5.96 Å². The van der Waals surface area contributed by atoms with Crippen molar-refractivity contribution in [3.63, 3.8) is 0 Å². The van der Waals surface area contributed by atoms with E-state index >= 15 is 0 Å². The first kappa shape index (κ1) is 11.0. The molecule has 17 heavy (non-hydrogen) atoms. The molecule has 0 bridgehead atoms. The van der Waals surface area contributed by atoms with Gasteiger partial charge in [-0.1, -0.05) is 0 Å². The first-order valence-corrected chi connectivity index (χ1v) is 4.79. The molecule has 0 fully saturated rings. The highest BCUT2D eigenvalue weighted by atomic mass is 19.1. The summed E-state index contributed by atoms with van der Waals surface area (Å²) in [6.07, 6.45) is 1.63. The minimum Gasteiger partial charge on any atom is -0.458 e. The maximum atomic E-state index is 13.6. The van der Waals surface area contributed by atoms with Gasteiger partial charge in [0.25, 0.3) is 0 Å². The molecule has 0 unspecified atom stereocenters. The molecule has 2 aromatic rings. The molecule has 1 aromatic carbocycles. The quantitative estimate of drug-likeness (QED) is 0.340. The third-order valence-electron chi connectivity index (χ3n) is 2.11. The number of nitrogens with zero attached hydrogens (tertiary/aromatic N) is 2. The van der Waals surface area contributed by atoms with Crippen LogP contribution < -0.4 is 11.1 Å². The second kappa shape index (κ2) is 4.14. The minimum atomic E-state index is -0.515. The van der Waals surface area contributed by atoms with Crippen molar-refractivity contribution in [2.24, 2.45) is 10.7 Å². The van der Waals surface area contributed by atoms with E-state index < -0.39 is 5.82 Å². The molecule has 6 heteroatoms. The molecule has 5 nitrogen and oxygen atoms in total. The highest BCUT2D eigenvalue weighted by Crippen LogP contribution is 2.27. The van der Waals surface area contributed by atoms with E-state index in [0.29, 0.717) is 16.8 Å². The van der Waals surface area contributed by atoms with E-state index in [0.717, 1.165) is 0 Å². The van der Waals surface area contributed by atoms with Crippen molar-refractivity contribution in [2.45, 2.75) is 6.92 Å². The third kappa shape index (κ3) is 2.18. The van der Waals surface area contributed by atoms with Crippen molar-refractivity contribution in [2.75, 3.05) is 0 Å². The largest absolute Gasteiger partial charge is 0.458 e. The predicted molar refractivity (Wildman–Crippen MR) is 60.9 cm³/mol. The summed E-state index contributed by atoms with van der Waals surface area (Å²) in [6.45, 7) is 1.73. The lowest BCUT2D eigenvalue weighted by atomic mass is 10.2. The number of hydrogen-bond acceptors (Lipinski definition) is 3. The number of nitrogens with one attached hydrogen (secondary N) is 1. The zero-order valence-electron chi connectivity index (χ0n) is 8.99. The van der Waals surface area contributed by atoms with Crippen molar-refractivity contribution >= 4 is 22.6 Å². The van der Waals surface area contributed by atoms with Crippen LogP contribution in [0.2, 0.25) is 0 Å². The molecule has 0 saturated heterocycles. The van der Waals surface area contributed by atoms with Gasteiger partial charge < -0.3 is 10.2 Å². The number of rotatable bonds is 1. The van der Waals surface area contributed by atoms with Gasteiger partial charge >= 0.3 is 0 Å². The van der Waals surface area contributed by atoms with Gasteiger partial charge in [-0.15, -0.1) is 0 Å². The van der Waals surface area contributed by atoms with E-state index in [9.17, 15) is 4.39 Å². The normalized spacial score (nSPS) is 11.5. The van der Waals surface area contributed by atoms with Gasteiger partial charge in [-0.2, -0.15) is 5.26 Å². The second-order valence-electron chi connectivity index (χ2n) is 3.44. The number of halogens is 1. The van der Waals surface area contributed by atoms with E-state index in [1.165, 1.54) is 6.07 Å². The first-order chi connectivity index (χ1) is 8.10. The van der Waals surface area contributed by atoms with Crippen molar-refractivity contribution < 1.29 is 8.81 Å². The van der Waals surface area contributed by atoms with Gasteiger partial charge in [-0.3, -0.25) is 5.32 Å². The lowest BCUT2D eigenvalue weighted by molar-refractivity contribution is 0.539. The summed E-state index contributed by atoms with van der Waals surface area (Å²) in [5.74, 6) is 0.00808. The van der Waals surface area contributed by atoms with Crippen LogP contribution >= 0.6 is 0 Å². The molecular weight excluding hydrogens is 223 g/mol. The Morgan fingerprint density at radius 1 is 1.53 bits per heavy atom. The smallest absolute Gasteiger partial charge is 0.207 e. The lowest BCUT2D eigenvalue weighted by Crippen LogP contribution is -2.26. The predicted octanol–water partition coefficient (Wildman–Crippen LogP) is 1.90. The Bertz CT molecular complexity index is 639. The maximum absolute atomic E-state index is 13.6. The summed E-state index contributed by atoms with van der Waals surface area (Å²) >= 11 is 0. The highest BCUT2D eigenvalue weighted by Gasteiger charge is 2.08. The van der Waals surface area contributed by atoms with E-state index in [1.807, 2.05) is 0 Å². The molecule has 3 N–H and O–H groups in total. The number of guanidine groups is 1. The molecule has 1 heterocycles. The van der Waals surface area contributed by atoms with Gasteiger partial charge in [0.05, 0.1) is 5.69 Å². The zero-order valence-corrected chi connectivity index (χ0v) is 8.99. The van der Waals surface area contributed by atoms with Gasteiger partial charge in [-0.05, 0) is 19.1 Å². The number of benzene rings is 1. The fourth-order valence-electron chi connectivity index (χ4n) is 1.51. The molecule has 0 saturated carbocycles. The fourth-order valence-corrected chi connectivity index (χ4v) is 1.51. The number of furan rings is 1. The fraction of sp³-hybridized carbons (Fsp3) is 0.0909. The van der Waals surface area contributed by atoms with Crippen LogP contribution in [0.5, 0.6) is 0 Å². The van der Waals surface area contributed by atoms with Crippen LogP contribution in [0.25, 0.3) is 11.0 Å². The van der Waals surface area contributed by atoms with Gasteiger partial charge in [0.1, 0.15) is 5.76 Å². The molecule has 1 aromatic heterocycles. The summed E-state index contributed by atoms with van der Waals surface area (Å²) in [7, 11) is 0. The molecule has 86 valence electrons. The SMILES string of the molecule is Cc1cc2cc(N=C(N)NC#N)cc(F)c2o1. The summed E-state index contributed by atoms with van der Waals surface area (Å²) in [5, 5.41) is 11.1. The van der Waals surface area contributed by atoms with Crippen LogP contribution in [0, 0.1) is 24.2 Å². The molecular formula is C11H9FN4O. The monoisotopic (exact) mass is 232 g/mol. The Morgan fingerprint density at radius 2 is 2.29 bits per heavy atom. The first-order valence-electron chi connectivity index (χ1n) is 4.79. The zero-order chi connectivity index (χ0) is 12.4.